The van der Waals surface area contributed by atoms with Crippen LogP contribution in [0.1, 0.15) is 61.6 Å². The van der Waals surface area contributed by atoms with Crippen LogP contribution < -0.4 is 10.6 Å². The fourth-order valence-corrected chi connectivity index (χ4v) is 5.47. The Morgan fingerprint density at radius 1 is 1.02 bits per heavy atom. The lowest BCUT2D eigenvalue weighted by Crippen LogP contribution is -2.29. The number of benzene rings is 2. The van der Waals surface area contributed by atoms with Crippen molar-refractivity contribution in [2.24, 2.45) is 0 Å². The van der Waals surface area contributed by atoms with Crippen LogP contribution in [0, 0.1) is 6.92 Å². The van der Waals surface area contributed by atoms with Crippen molar-refractivity contribution in [2.75, 3.05) is 24.3 Å². The number of hydrogen-bond donors (Lipinski definition) is 2. The molecule has 0 saturated carbocycles. The van der Waals surface area contributed by atoms with E-state index in [4.69, 9.17) is 9.26 Å². The van der Waals surface area contributed by atoms with Crippen LogP contribution in [-0.2, 0) is 4.74 Å². The molecule has 3 amide bonds. The molecule has 0 aliphatic carbocycles. The van der Waals surface area contributed by atoms with Gasteiger partial charge in [-0.1, -0.05) is 47.6 Å². The molecular formula is C30H28N6O6S. The first kappa shape index (κ1) is 29.2. The number of ether oxygens (including phenoxy) is 1. The summed E-state index contributed by atoms with van der Waals surface area (Å²) in [4.78, 5) is 54.8. The number of nitrogens with zero attached hydrogens (tertiary/aromatic N) is 4. The highest BCUT2D eigenvalue weighted by Crippen LogP contribution is 2.34. The third kappa shape index (κ3) is 5.88. The first-order valence-corrected chi connectivity index (χ1v) is 14.2. The zero-order valence-electron chi connectivity index (χ0n) is 23.8. The van der Waals surface area contributed by atoms with E-state index in [9.17, 15) is 19.2 Å². The highest BCUT2D eigenvalue weighted by Gasteiger charge is 2.27. The SMILES string of the molecule is CCOC(=O)n1nc(NC(=O)c2ccccc2NC(=O)c2cnoc2C)c2cc(C(=O)N(C)C(C)c3ccccc3)sc21. The summed E-state index contributed by atoms with van der Waals surface area (Å²) in [6.45, 7) is 5.30. The number of amides is 3. The summed E-state index contributed by atoms with van der Waals surface area (Å²) in [6.07, 6.45) is 0.538. The maximum atomic E-state index is 13.5. The molecule has 0 spiro atoms. The number of hydrogen-bond acceptors (Lipinski definition) is 9. The average molecular weight is 601 g/mol. The minimum atomic E-state index is -0.753. The molecule has 1 unspecified atom stereocenters. The first-order chi connectivity index (χ1) is 20.7. The van der Waals surface area contributed by atoms with E-state index in [1.807, 2.05) is 37.3 Å². The van der Waals surface area contributed by atoms with Crippen molar-refractivity contribution >= 4 is 56.9 Å². The summed E-state index contributed by atoms with van der Waals surface area (Å²) in [6, 6.07) is 17.4. The van der Waals surface area contributed by atoms with Gasteiger partial charge in [-0.2, -0.15) is 4.68 Å². The number of para-hydroxylation sites is 1. The van der Waals surface area contributed by atoms with Gasteiger partial charge in [0.25, 0.3) is 17.7 Å². The maximum absolute atomic E-state index is 13.5. The summed E-state index contributed by atoms with van der Waals surface area (Å²) in [5.41, 5.74) is 1.58. The van der Waals surface area contributed by atoms with E-state index in [0.29, 0.717) is 20.9 Å². The van der Waals surface area contributed by atoms with Crippen LogP contribution in [0.4, 0.5) is 16.3 Å². The highest BCUT2D eigenvalue weighted by atomic mass is 32.1. The van der Waals surface area contributed by atoms with E-state index < -0.39 is 17.9 Å². The van der Waals surface area contributed by atoms with Gasteiger partial charge in [0.1, 0.15) is 16.2 Å². The normalized spacial score (nSPS) is 11.6. The number of thiophene rings is 1. The molecule has 3 aromatic heterocycles. The molecular weight excluding hydrogens is 572 g/mol. The fourth-order valence-electron chi connectivity index (χ4n) is 4.39. The Balaban J connectivity index is 1.45. The summed E-state index contributed by atoms with van der Waals surface area (Å²) in [5.74, 6) is -0.969. The Hall–Kier alpha value is -5.30. The van der Waals surface area contributed by atoms with E-state index in [2.05, 4.69) is 20.9 Å². The van der Waals surface area contributed by atoms with Crippen LogP contribution in [0.5, 0.6) is 0 Å². The number of fused-ring (bicyclic) bond motifs is 1. The van der Waals surface area contributed by atoms with Gasteiger partial charge in [0.15, 0.2) is 5.82 Å². The molecule has 0 saturated heterocycles. The third-order valence-electron chi connectivity index (χ3n) is 6.84. The molecule has 2 N–H and O–H groups in total. The van der Waals surface area contributed by atoms with Crippen LogP contribution in [0.3, 0.4) is 0 Å². The largest absolute Gasteiger partial charge is 0.448 e. The van der Waals surface area contributed by atoms with Crippen molar-refractivity contribution in [1.82, 2.24) is 19.8 Å². The molecule has 0 radical (unpaired) electrons. The van der Waals surface area contributed by atoms with Crippen LogP contribution in [0.25, 0.3) is 10.2 Å². The van der Waals surface area contributed by atoms with Gasteiger partial charge in [0, 0.05) is 7.05 Å². The van der Waals surface area contributed by atoms with E-state index in [1.165, 1.54) is 12.3 Å². The number of carbonyl (C=O) groups is 4. The van der Waals surface area contributed by atoms with Crippen LogP contribution in [0.2, 0.25) is 0 Å². The predicted molar refractivity (Wildman–Crippen MR) is 161 cm³/mol. The molecule has 3 heterocycles. The quantitative estimate of drug-likeness (QED) is 0.229. The van der Waals surface area contributed by atoms with Gasteiger partial charge in [-0.15, -0.1) is 16.4 Å². The first-order valence-electron chi connectivity index (χ1n) is 13.3. The molecule has 0 aliphatic heterocycles. The van der Waals surface area contributed by atoms with E-state index in [0.717, 1.165) is 21.6 Å². The number of aryl methyl sites for hydroxylation is 1. The fraction of sp³-hybridized carbons (Fsp3) is 0.200. The van der Waals surface area contributed by atoms with Gasteiger partial charge in [-0.05, 0) is 44.5 Å². The number of nitrogens with one attached hydrogen (secondary N) is 2. The number of carbonyl (C=O) groups excluding carboxylic acids is 4. The topological polar surface area (TPSA) is 149 Å². The van der Waals surface area contributed by atoms with E-state index in [1.54, 1.807) is 50.1 Å². The van der Waals surface area contributed by atoms with Gasteiger partial charge in [-0.25, -0.2) is 4.79 Å². The van der Waals surface area contributed by atoms with Gasteiger partial charge >= 0.3 is 6.09 Å². The lowest BCUT2D eigenvalue weighted by atomic mass is 10.1. The van der Waals surface area contributed by atoms with E-state index >= 15 is 0 Å². The third-order valence-corrected chi connectivity index (χ3v) is 7.94. The Labute approximate surface area is 250 Å². The zero-order chi connectivity index (χ0) is 30.7. The average Bonchev–Trinajstić information content (AvgIpc) is 3.73. The molecule has 5 rings (SSSR count). The molecule has 5 aromatic rings. The smallest absolute Gasteiger partial charge is 0.436 e. The molecule has 0 fully saturated rings. The Morgan fingerprint density at radius 2 is 1.72 bits per heavy atom. The lowest BCUT2D eigenvalue weighted by Gasteiger charge is -2.24. The summed E-state index contributed by atoms with van der Waals surface area (Å²) in [5, 5.41) is 13.7. The summed E-state index contributed by atoms with van der Waals surface area (Å²) >= 11 is 1.07. The minimum absolute atomic E-state index is 0.0538. The predicted octanol–water partition coefficient (Wildman–Crippen LogP) is 5.74. The molecule has 0 bridgehead atoms. The maximum Gasteiger partial charge on any atom is 0.436 e. The van der Waals surface area contributed by atoms with Crippen molar-refractivity contribution in [3.63, 3.8) is 0 Å². The molecule has 12 nitrogen and oxygen atoms in total. The summed E-state index contributed by atoms with van der Waals surface area (Å²) in [7, 11) is 1.71. The standard InChI is InChI=1S/C30H28N6O6S/c1-5-41-30(40)36-29-21(15-24(43-29)28(39)35(4)17(2)19-11-7-6-8-12-19)25(34-36)33-26(37)20-13-9-10-14-23(20)32-27(38)22-16-31-42-18(22)3/h6-17H,5H2,1-4H3,(H,32,38)(H,33,34,37). The molecule has 1 atom stereocenters. The van der Waals surface area contributed by atoms with Gasteiger partial charge in [0.2, 0.25) is 0 Å². The second kappa shape index (κ2) is 12.3. The summed E-state index contributed by atoms with van der Waals surface area (Å²) < 4.78 is 11.2. The van der Waals surface area contributed by atoms with E-state index in [-0.39, 0.29) is 41.2 Å². The van der Waals surface area contributed by atoms with Crippen LogP contribution in [-0.4, -0.2) is 57.3 Å². The number of aromatic nitrogens is 3. The van der Waals surface area contributed by atoms with Crippen LogP contribution >= 0.6 is 11.3 Å². The second-order valence-electron chi connectivity index (χ2n) is 9.54. The van der Waals surface area contributed by atoms with Crippen LogP contribution in [0.15, 0.2) is 71.4 Å². The Kier molecular flexibility index (Phi) is 8.34. The number of anilines is 2. The highest BCUT2D eigenvalue weighted by molar-refractivity contribution is 7.20. The molecule has 43 heavy (non-hydrogen) atoms. The Bertz CT molecular complexity index is 1820. The number of rotatable bonds is 8. The molecule has 0 aliphatic rings. The minimum Gasteiger partial charge on any atom is -0.448 e. The Morgan fingerprint density at radius 3 is 2.42 bits per heavy atom. The van der Waals surface area contributed by atoms with Crippen molar-refractivity contribution in [2.45, 2.75) is 26.8 Å². The molecule has 2 aromatic carbocycles. The van der Waals surface area contributed by atoms with Crippen molar-refractivity contribution in [1.29, 1.82) is 0 Å². The zero-order valence-corrected chi connectivity index (χ0v) is 24.6. The monoisotopic (exact) mass is 600 g/mol. The molecule has 220 valence electrons. The van der Waals surface area contributed by atoms with Gasteiger partial charge < -0.3 is 24.8 Å². The van der Waals surface area contributed by atoms with Crippen molar-refractivity contribution < 1.29 is 28.4 Å². The second-order valence-corrected chi connectivity index (χ2v) is 10.6. The lowest BCUT2D eigenvalue weighted by molar-refractivity contribution is 0.0747. The molecule has 13 heteroatoms. The van der Waals surface area contributed by atoms with Gasteiger partial charge in [0.05, 0.1) is 40.4 Å². The van der Waals surface area contributed by atoms with Crippen molar-refractivity contribution in [3.05, 3.63) is 94.2 Å². The van der Waals surface area contributed by atoms with Gasteiger partial charge in [-0.3, -0.25) is 14.4 Å². The van der Waals surface area contributed by atoms with Crippen molar-refractivity contribution in [3.8, 4) is 0 Å².